The molecule has 0 unspecified atom stereocenters. The molecule has 0 aliphatic carbocycles. The number of aryl methyl sites for hydroxylation is 1. The summed E-state index contributed by atoms with van der Waals surface area (Å²) in [5, 5.41) is 13.6. The van der Waals surface area contributed by atoms with E-state index in [2.05, 4.69) is 5.32 Å². The van der Waals surface area contributed by atoms with E-state index in [-0.39, 0.29) is 18.1 Å². The number of anilines is 1. The summed E-state index contributed by atoms with van der Waals surface area (Å²) < 4.78 is 1.97. The van der Waals surface area contributed by atoms with Crippen LogP contribution in [-0.4, -0.2) is 44.3 Å². The van der Waals surface area contributed by atoms with Crippen molar-refractivity contribution in [3.05, 3.63) is 94.3 Å². The van der Waals surface area contributed by atoms with E-state index in [1.807, 2.05) is 67.2 Å². The first-order valence-electron chi connectivity index (χ1n) is 11.6. The number of benzene rings is 2. The van der Waals surface area contributed by atoms with Gasteiger partial charge in [-0.3, -0.25) is 14.9 Å². The van der Waals surface area contributed by atoms with Gasteiger partial charge in [0.25, 0.3) is 5.69 Å². The van der Waals surface area contributed by atoms with Crippen LogP contribution in [0.2, 0.25) is 0 Å². The molecular formula is C26H31N5O4. The molecule has 0 spiro atoms. The molecule has 9 heteroatoms. The van der Waals surface area contributed by atoms with Crippen LogP contribution in [-0.2, 0) is 24.9 Å². The minimum absolute atomic E-state index is 0.0572. The van der Waals surface area contributed by atoms with E-state index in [9.17, 15) is 19.7 Å². The van der Waals surface area contributed by atoms with Gasteiger partial charge in [-0.05, 0) is 36.2 Å². The molecule has 3 rings (SSSR count). The summed E-state index contributed by atoms with van der Waals surface area (Å²) in [4.78, 5) is 40.1. The molecule has 0 atom stereocenters. The molecule has 1 heterocycles. The zero-order chi connectivity index (χ0) is 25.2. The Morgan fingerprint density at radius 1 is 0.971 bits per heavy atom. The normalized spacial score (nSPS) is 10.6. The number of unbranched alkanes of at least 4 members (excludes halogenated alkanes) is 1. The Morgan fingerprint density at radius 3 is 2.29 bits per heavy atom. The zero-order valence-corrected chi connectivity index (χ0v) is 20.1. The van der Waals surface area contributed by atoms with Crippen LogP contribution in [0.5, 0.6) is 0 Å². The molecule has 0 radical (unpaired) electrons. The quantitative estimate of drug-likeness (QED) is 0.317. The van der Waals surface area contributed by atoms with Crippen molar-refractivity contribution in [2.24, 2.45) is 7.05 Å². The molecule has 0 saturated carbocycles. The van der Waals surface area contributed by atoms with Crippen molar-refractivity contribution in [3.63, 3.8) is 0 Å². The highest BCUT2D eigenvalue weighted by molar-refractivity contribution is 5.92. The first kappa shape index (κ1) is 25.5. The van der Waals surface area contributed by atoms with E-state index >= 15 is 0 Å². The van der Waals surface area contributed by atoms with E-state index in [1.165, 1.54) is 29.2 Å². The number of hydrogen-bond acceptors (Lipinski definition) is 4. The summed E-state index contributed by atoms with van der Waals surface area (Å²) in [5.41, 5.74) is 2.37. The van der Waals surface area contributed by atoms with Crippen LogP contribution in [0.1, 0.15) is 31.0 Å². The summed E-state index contributed by atoms with van der Waals surface area (Å²) >= 11 is 0. The number of urea groups is 1. The number of aromatic nitrogens is 1. The van der Waals surface area contributed by atoms with Gasteiger partial charge in [0, 0.05) is 49.8 Å². The van der Waals surface area contributed by atoms with Crippen molar-refractivity contribution in [2.75, 3.05) is 18.4 Å². The maximum Gasteiger partial charge on any atom is 0.322 e. The lowest BCUT2D eigenvalue weighted by molar-refractivity contribution is -0.384. The smallest absolute Gasteiger partial charge is 0.322 e. The second-order valence-electron chi connectivity index (χ2n) is 8.36. The van der Waals surface area contributed by atoms with Crippen LogP contribution in [0.3, 0.4) is 0 Å². The standard InChI is InChI=1S/C26H31N5O4/c1-3-4-17-29(26(33)27-22-12-14-23(15-13-22)31(34)35)20-25(32)30(18-21-9-6-5-7-10-21)19-24-11-8-16-28(24)2/h5-16H,3-4,17-20H2,1-2H3,(H,27,33). The van der Waals surface area contributed by atoms with Gasteiger partial charge in [-0.25, -0.2) is 4.79 Å². The Balaban J connectivity index is 1.75. The molecule has 1 N–H and O–H groups in total. The van der Waals surface area contributed by atoms with Crippen LogP contribution in [0.25, 0.3) is 0 Å². The summed E-state index contributed by atoms with van der Waals surface area (Å²) in [7, 11) is 1.94. The third kappa shape index (κ3) is 7.43. The number of carbonyl (C=O) groups is 2. The summed E-state index contributed by atoms with van der Waals surface area (Å²) in [6, 6.07) is 18.9. The van der Waals surface area contributed by atoms with Gasteiger partial charge in [0.05, 0.1) is 11.5 Å². The first-order chi connectivity index (χ1) is 16.9. The summed E-state index contributed by atoms with van der Waals surface area (Å²) in [5.74, 6) is -0.162. The molecule has 184 valence electrons. The van der Waals surface area contributed by atoms with Gasteiger partial charge in [-0.1, -0.05) is 43.7 Å². The molecule has 2 aromatic carbocycles. The van der Waals surface area contributed by atoms with Gasteiger partial charge in [0.2, 0.25) is 5.91 Å². The fourth-order valence-electron chi connectivity index (χ4n) is 3.63. The predicted molar refractivity (Wildman–Crippen MR) is 135 cm³/mol. The number of amides is 3. The molecular weight excluding hydrogens is 446 g/mol. The van der Waals surface area contributed by atoms with E-state index in [1.54, 1.807) is 4.90 Å². The van der Waals surface area contributed by atoms with Crippen molar-refractivity contribution in [1.82, 2.24) is 14.4 Å². The van der Waals surface area contributed by atoms with E-state index in [0.717, 1.165) is 24.1 Å². The second kappa shape index (κ2) is 12.4. The predicted octanol–water partition coefficient (Wildman–Crippen LogP) is 4.80. The molecule has 0 fully saturated rings. The molecule has 35 heavy (non-hydrogen) atoms. The number of nitrogens with one attached hydrogen (secondary N) is 1. The molecule has 0 aliphatic rings. The fraction of sp³-hybridized carbons (Fsp3) is 0.308. The van der Waals surface area contributed by atoms with Crippen LogP contribution in [0, 0.1) is 10.1 Å². The molecule has 3 aromatic rings. The number of hydrogen-bond donors (Lipinski definition) is 1. The number of nitro groups is 1. The van der Waals surface area contributed by atoms with E-state index in [4.69, 9.17) is 0 Å². The number of non-ortho nitro benzene ring substituents is 1. The number of nitro benzene ring substituents is 1. The van der Waals surface area contributed by atoms with Gasteiger partial charge in [-0.15, -0.1) is 0 Å². The van der Waals surface area contributed by atoms with Crippen molar-refractivity contribution in [1.29, 1.82) is 0 Å². The van der Waals surface area contributed by atoms with Gasteiger partial charge in [0.15, 0.2) is 0 Å². The molecule has 1 aromatic heterocycles. The minimum Gasteiger partial charge on any atom is -0.353 e. The highest BCUT2D eigenvalue weighted by Crippen LogP contribution is 2.17. The Kier molecular flexibility index (Phi) is 9.00. The number of carbonyl (C=O) groups excluding carboxylic acids is 2. The Bertz CT molecular complexity index is 1130. The monoisotopic (exact) mass is 477 g/mol. The van der Waals surface area contributed by atoms with Crippen molar-refractivity contribution in [2.45, 2.75) is 32.9 Å². The molecule has 3 amide bonds. The van der Waals surface area contributed by atoms with Gasteiger partial charge >= 0.3 is 6.03 Å². The zero-order valence-electron chi connectivity index (χ0n) is 20.1. The van der Waals surface area contributed by atoms with Crippen LogP contribution in [0.15, 0.2) is 72.9 Å². The Hall–Kier alpha value is -4.14. The maximum absolute atomic E-state index is 13.5. The largest absolute Gasteiger partial charge is 0.353 e. The van der Waals surface area contributed by atoms with Crippen molar-refractivity contribution < 1.29 is 14.5 Å². The van der Waals surface area contributed by atoms with Crippen LogP contribution < -0.4 is 5.32 Å². The topological polar surface area (TPSA) is 101 Å². The molecule has 0 bridgehead atoms. The highest BCUT2D eigenvalue weighted by Gasteiger charge is 2.22. The van der Waals surface area contributed by atoms with Gasteiger partial charge in [-0.2, -0.15) is 0 Å². The number of nitrogens with zero attached hydrogens (tertiary/aromatic N) is 4. The average molecular weight is 478 g/mol. The third-order valence-corrected chi connectivity index (χ3v) is 5.70. The van der Waals surface area contributed by atoms with Crippen LogP contribution in [0.4, 0.5) is 16.2 Å². The van der Waals surface area contributed by atoms with Gasteiger partial charge in [0.1, 0.15) is 6.54 Å². The Labute approximate surface area is 205 Å². The highest BCUT2D eigenvalue weighted by atomic mass is 16.6. The second-order valence-corrected chi connectivity index (χ2v) is 8.36. The lowest BCUT2D eigenvalue weighted by Gasteiger charge is -2.28. The molecule has 9 nitrogen and oxygen atoms in total. The fourth-order valence-corrected chi connectivity index (χ4v) is 3.63. The summed E-state index contributed by atoms with van der Waals surface area (Å²) in [6.07, 6.45) is 3.55. The van der Waals surface area contributed by atoms with Crippen molar-refractivity contribution >= 4 is 23.3 Å². The van der Waals surface area contributed by atoms with Crippen LogP contribution >= 0.6 is 0 Å². The first-order valence-corrected chi connectivity index (χ1v) is 11.6. The average Bonchev–Trinajstić information content (AvgIpc) is 3.26. The molecule has 0 saturated heterocycles. The Morgan fingerprint density at radius 2 is 1.69 bits per heavy atom. The SMILES string of the molecule is CCCCN(CC(=O)N(Cc1ccccc1)Cc1cccn1C)C(=O)Nc1ccc([N+](=O)[O-])cc1. The van der Waals surface area contributed by atoms with Gasteiger partial charge < -0.3 is 19.7 Å². The minimum atomic E-state index is -0.494. The van der Waals surface area contributed by atoms with Crippen molar-refractivity contribution in [3.8, 4) is 0 Å². The third-order valence-electron chi connectivity index (χ3n) is 5.70. The van der Waals surface area contributed by atoms with E-state index in [0.29, 0.717) is 25.3 Å². The maximum atomic E-state index is 13.5. The number of rotatable bonds is 11. The molecule has 0 aliphatic heterocycles. The lowest BCUT2D eigenvalue weighted by atomic mass is 10.2. The summed E-state index contributed by atoms with van der Waals surface area (Å²) in [6.45, 7) is 3.21. The van der Waals surface area contributed by atoms with E-state index < -0.39 is 11.0 Å². The lowest BCUT2D eigenvalue weighted by Crippen LogP contribution is -2.44.